The van der Waals surface area contributed by atoms with Crippen molar-refractivity contribution in [2.24, 2.45) is 0 Å². The molecule has 0 atom stereocenters. The molecule has 5 nitrogen and oxygen atoms in total. The minimum atomic E-state index is -3.48. The van der Waals surface area contributed by atoms with E-state index in [0.717, 1.165) is 24.2 Å². The van der Waals surface area contributed by atoms with E-state index in [4.69, 9.17) is 0 Å². The standard InChI is InChI=1S/C14H25N3O2S2/c1-12(2)15-10-13-6-7-14(16-11-13)21(18,19)17-8-4-5-9-20-3/h6-7,11-12,15,17H,4-5,8-10H2,1-3H3. The molecule has 1 aromatic heterocycles. The van der Waals surface area contributed by atoms with Crippen molar-refractivity contribution in [3.8, 4) is 0 Å². The fourth-order valence-corrected chi connectivity index (χ4v) is 3.14. The van der Waals surface area contributed by atoms with Gasteiger partial charge in [-0.15, -0.1) is 0 Å². The number of hydrogen-bond donors (Lipinski definition) is 2. The Morgan fingerprint density at radius 2 is 2.05 bits per heavy atom. The van der Waals surface area contributed by atoms with Crippen LogP contribution in [-0.4, -0.2) is 38.0 Å². The Hall–Kier alpha value is -0.630. The molecule has 0 amide bonds. The molecular formula is C14H25N3O2S2. The molecule has 0 spiro atoms. The molecule has 0 aromatic carbocycles. The largest absolute Gasteiger partial charge is 0.310 e. The van der Waals surface area contributed by atoms with Crippen molar-refractivity contribution >= 4 is 21.8 Å². The third-order valence-electron chi connectivity index (χ3n) is 2.85. The number of unbranched alkanes of at least 4 members (excludes halogenated alkanes) is 1. The Balaban J connectivity index is 2.51. The Bertz CT molecular complexity index is 501. The van der Waals surface area contributed by atoms with E-state index >= 15 is 0 Å². The summed E-state index contributed by atoms with van der Waals surface area (Å²) in [4.78, 5) is 4.05. The zero-order valence-electron chi connectivity index (χ0n) is 12.9. The van der Waals surface area contributed by atoms with Crippen molar-refractivity contribution in [3.05, 3.63) is 23.9 Å². The van der Waals surface area contributed by atoms with Gasteiger partial charge in [-0.05, 0) is 36.5 Å². The van der Waals surface area contributed by atoms with E-state index < -0.39 is 10.0 Å². The lowest BCUT2D eigenvalue weighted by Crippen LogP contribution is -2.26. The molecule has 0 bridgehead atoms. The maximum absolute atomic E-state index is 12.0. The maximum atomic E-state index is 12.0. The molecule has 0 aliphatic carbocycles. The third kappa shape index (κ3) is 7.26. The van der Waals surface area contributed by atoms with Crippen LogP contribution in [0.1, 0.15) is 32.3 Å². The normalized spacial score (nSPS) is 12.0. The summed E-state index contributed by atoms with van der Waals surface area (Å²) in [7, 11) is -3.48. The highest BCUT2D eigenvalue weighted by Crippen LogP contribution is 2.07. The van der Waals surface area contributed by atoms with Gasteiger partial charge in [-0.3, -0.25) is 0 Å². The molecule has 7 heteroatoms. The van der Waals surface area contributed by atoms with Crippen molar-refractivity contribution in [3.63, 3.8) is 0 Å². The van der Waals surface area contributed by atoms with Crippen LogP contribution in [0.15, 0.2) is 23.4 Å². The average Bonchev–Trinajstić information content (AvgIpc) is 2.45. The Morgan fingerprint density at radius 3 is 2.62 bits per heavy atom. The minimum Gasteiger partial charge on any atom is -0.310 e. The number of pyridine rings is 1. The van der Waals surface area contributed by atoms with E-state index in [-0.39, 0.29) is 5.03 Å². The van der Waals surface area contributed by atoms with E-state index in [1.807, 2.05) is 6.26 Å². The van der Waals surface area contributed by atoms with Gasteiger partial charge >= 0.3 is 0 Å². The maximum Gasteiger partial charge on any atom is 0.258 e. The third-order valence-corrected chi connectivity index (χ3v) is 4.93. The Kier molecular flexibility index (Phi) is 8.24. The molecule has 1 aromatic rings. The molecule has 0 radical (unpaired) electrons. The second kappa shape index (κ2) is 9.40. The predicted molar refractivity (Wildman–Crippen MR) is 89.0 cm³/mol. The highest BCUT2D eigenvalue weighted by Gasteiger charge is 2.14. The summed E-state index contributed by atoms with van der Waals surface area (Å²) in [5.74, 6) is 1.05. The van der Waals surface area contributed by atoms with Gasteiger partial charge in [0.1, 0.15) is 0 Å². The van der Waals surface area contributed by atoms with E-state index in [1.54, 1.807) is 30.1 Å². The summed E-state index contributed by atoms with van der Waals surface area (Å²) < 4.78 is 26.7. The van der Waals surface area contributed by atoms with Crippen molar-refractivity contribution in [1.82, 2.24) is 15.0 Å². The molecule has 0 aliphatic rings. The van der Waals surface area contributed by atoms with Crippen LogP contribution in [0.4, 0.5) is 0 Å². The Morgan fingerprint density at radius 1 is 1.29 bits per heavy atom. The van der Waals surface area contributed by atoms with Crippen LogP contribution in [0, 0.1) is 0 Å². The van der Waals surface area contributed by atoms with E-state index in [1.165, 1.54) is 0 Å². The van der Waals surface area contributed by atoms with Crippen LogP contribution >= 0.6 is 11.8 Å². The lowest BCUT2D eigenvalue weighted by molar-refractivity contribution is 0.572. The van der Waals surface area contributed by atoms with E-state index in [0.29, 0.717) is 19.1 Å². The second-order valence-corrected chi connectivity index (χ2v) is 7.84. The molecule has 0 aliphatic heterocycles. The smallest absolute Gasteiger partial charge is 0.258 e. The van der Waals surface area contributed by atoms with Gasteiger partial charge in [0, 0.05) is 25.3 Å². The van der Waals surface area contributed by atoms with Gasteiger partial charge in [0.15, 0.2) is 5.03 Å². The summed E-state index contributed by atoms with van der Waals surface area (Å²) >= 11 is 1.77. The van der Waals surface area contributed by atoms with Crippen LogP contribution in [0.25, 0.3) is 0 Å². The number of hydrogen-bond acceptors (Lipinski definition) is 5. The molecule has 0 fully saturated rings. The molecule has 120 valence electrons. The van der Waals surface area contributed by atoms with Gasteiger partial charge in [0.25, 0.3) is 10.0 Å². The van der Waals surface area contributed by atoms with E-state index in [9.17, 15) is 8.42 Å². The molecular weight excluding hydrogens is 306 g/mol. The van der Waals surface area contributed by atoms with Crippen LogP contribution in [0.3, 0.4) is 0 Å². The van der Waals surface area contributed by atoms with Crippen LogP contribution in [0.2, 0.25) is 0 Å². The number of sulfonamides is 1. The fraction of sp³-hybridized carbons (Fsp3) is 0.643. The van der Waals surface area contributed by atoms with Crippen molar-refractivity contribution < 1.29 is 8.42 Å². The number of rotatable bonds is 10. The van der Waals surface area contributed by atoms with Crippen molar-refractivity contribution in [2.45, 2.75) is 44.3 Å². The Labute approximate surface area is 132 Å². The summed E-state index contributed by atoms with van der Waals surface area (Å²) in [6.45, 7) is 5.27. The summed E-state index contributed by atoms with van der Waals surface area (Å²) in [5.41, 5.74) is 0.975. The number of thioether (sulfide) groups is 1. The van der Waals surface area contributed by atoms with Gasteiger partial charge in [-0.2, -0.15) is 11.8 Å². The number of aromatic nitrogens is 1. The minimum absolute atomic E-state index is 0.0839. The average molecular weight is 332 g/mol. The van der Waals surface area contributed by atoms with Crippen LogP contribution in [-0.2, 0) is 16.6 Å². The zero-order valence-corrected chi connectivity index (χ0v) is 14.6. The van der Waals surface area contributed by atoms with Gasteiger partial charge in [0.2, 0.25) is 0 Å². The number of nitrogens with zero attached hydrogens (tertiary/aromatic N) is 1. The first kappa shape index (κ1) is 18.4. The van der Waals surface area contributed by atoms with Gasteiger partial charge in [-0.1, -0.05) is 19.9 Å². The quantitative estimate of drug-likeness (QED) is 0.642. The molecule has 0 saturated carbocycles. The molecule has 1 rings (SSSR count). The molecule has 0 saturated heterocycles. The van der Waals surface area contributed by atoms with Gasteiger partial charge in [-0.25, -0.2) is 18.1 Å². The molecule has 2 N–H and O–H groups in total. The monoisotopic (exact) mass is 331 g/mol. The SMILES string of the molecule is CSCCCCNS(=O)(=O)c1ccc(CNC(C)C)cn1. The predicted octanol–water partition coefficient (Wildman–Crippen LogP) is 2.00. The highest BCUT2D eigenvalue weighted by molar-refractivity contribution is 7.98. The highest BCUT2D eigenvalue weighted by atomic mass is 32.2. The van der Waals surface area contributed by atoms with Gasteiger partial charge < -0.3 is 5.32 Å². The van der Waals surface area contributed by atoms with Crippen LogP contribution in [0.5, 0.6) is 0 Å². The zero-order chi connectivity index (χ0) is 15.7. The lowest BCUT2D eigenvalue weighted by Gasteiger charge is -2.09. The fourth-order valence-electron chi connectivity index (χ4n) is 1.65. The first-order valence-electron chi connectivity index (χ1n) is 7.12. The number of nitrogens with one attached hydrogen (secondary N) is 2. The van der Waals surface area contributed by atoms with Crippen molar-refractivity contribution in [1.29, 1.82) is 0 Å². The van der Waals surface area contributed by atoms with Gasteiger partial charge in [0.05, 0.1) is 0 Å². The molecule has 21 heavy (non-hydrogen) atoms. The molecule has 0 unspecified atom stereocenters. The first-order chi connectivity index (χ1) is 9.95. The summed E-state index contributed by atoms with van der Waals surface area (Å²) in [5, 5.41) is 3.35. The molecule has 1 heterocycles. The second-order valence-electron chi connectivity index (χ2n) is 5.14. The van der Waals surface area contributed by atoms with Crippen LogP contribution < -0.4 is 10.0 Å². The van der Waals surface area contributed by atoms with E-state index in [2.05, 4.69) is 28.9 Å². The summed E-state index contributed by atoms with van der Waals surface area (Å²) in [6, 6.07) is 3.74. The van der Waals surface area contributed by atoms with Crippen molar-refractivity contribution in [2.75, 3.05) is 18.6 Å². The first-order valence-corrected chi connectivity index (χ1v) is 10.0. The topological polar surface area (TPSA) is 71.1 Å². The summed E-state index contributed by atoms with van der Waals surface area (Å²) in [6.07, 6.45) is 5.51. The lowest BCUT2D eigenvalue weighted by atomic mass is 10.2.